The van der Waals surface area contributed by atoms with E-state index >= 15 is 0 Å². The van der Waals surface area contributed by atoms with E-state index < -0.39 is 27.8 Å². The zero-order valence-corrected chi connectivity index (χ0v) is 16.7. The molecule has 1 aromatic rings. The van der Waals surface area contributed by atoms with Gasteiger partial charge in [0.25, 0.3) is 0 Å². The molecule has 0 bridgehead atoms. The van der Waals surface area contributed by atoms with Crippen molar-refractivity contribution in [3.63, 3.8) is 0 Å². The third kappa shape index (κ3) is 6.99. The molecule has 0 saturated carbocycles. The van der Waals surface area contributed by atoms with Gasteiger partial charge in [-0.2, -0.15) is 4.31 Å². The number of benzene rings is 1. The highest BCUT2D eigenvalue weighted by Gasteiger charge is 2.26. The molecule has 2 N–H and O–H groups in total. The van der Waals surface area contributed by atoms with Crippen LogP contribution in [0.25, 0.3) is 0 Å². The normalized spacial score (nSPS) is 13.6. The first kappa shape index (κ1) is 22.0. The van der Waals surface area contributed by atoms with E-state index in [4.69, 9.17) is 27.9 Å². The molecule has 0 aromatic heterocycles. The van der Waals surface area contributed by atoms with Gasteiger partial charge in [-0.05, 0) is 39.0 Å². The second kappa shape index (κ2) is 8.55. The van der Waals surface area contributed by atoms with Crippen LogP contribution in [0.3, 0.4) is 0 Å². The largest absolute Gasteiger partial charge is 0.444 e. The maximum Gasteiger partial charge on any atom is 0.407 e. The number of ether oxygens (including phenoxy) is 1. The zero-order chi connectivity index (χ0) is 19.4. The molecule has 0 heterocycles. The Labute approximate surface area is 157 Å². The summed E-state index contributed by atoms with van der Waals surface area (Å²) in [5, 5.41) is 12.6. The molecule has 0 aliphatic rings. The van der Waals surface area contributed by atoms with Crippen LogP contribution in [0.15, 0.2) is 23.1 Å². The Hall–Kier alpha value is -1.06. The van der Waals surface area contributed by atoms with Gasteiger partial charge in [0.05, 0.1) is 11.1 Å². The van der Waals surface area contributed by atoms with Gasteiger partial charge in [0.2, 0.25) is 10.0 Å². The fourth-order valence-electron chi connectivity index (χ4n) is 1.83. The van der Waals surface area contributed by atoms with E-state index in [0.717, 1.165) is 4.31 Å². The lowest BCUT2D eigenvalue weighted by Gasteiger charge is -2.23. The lowest BCUT2D eigenvalue weighted by atomic mass is 10.2. The lowest BCUT2D eigenvalue weighted by Crippen LogP contribution is -2.42. The third-order valence-corrected chi connectivity index (χ3v) is 5.47. The molecular formula is C15H22Cl2N2O5S. The van der Waals surface area contributed by atoms with Gasteiger partial charge in [0, 0.05) is 25.2 Å². The van der Waals surface area contributed by atoms with Crippen LogP contribution in [0.1, 0.15) is 20.8 Å². The monoisotopic (exact) mass is 412 g/mol. The van der Waals surface area contributed by atoms with E-state index in [1.54, 1.807) is 20.8 Å². The molecule has 1 amide bonds. The van der Waals surface area contributed by atoms with E-state index in [-0.39, 0.29) is 23.0 Å². The Morgan fingerprint density at radius 1 is 1.36 bits per heavy atom. The number of nitrogens with one attached hydrogen (secondary N) is 1. The number of amides is 1. The van der Waals surface area contributed by atoms with Crippen molar-refractivity contribution >= 4 is 39.3 Å². The van der Waals surface area contributed by atoms with Crippen LogP contribution in [0.2, 0.25) is 10.0 Å². The molecule has 1 atom stereocenters. The van der Waals surface area contributed by atoms with Crippen molar-refractivity contribution in [2.75, 3.05) is 20.1 Å². The number of carbonyl (C=O) groups is 1. The number of rotatable bonds is 6. The summed E-state index contributed by atoms with van der Waals surface area (Å²) >= 11 is 11.7. The summed E-state index contributed by atoms with van der Waals surface area (Å²) in [6, 6.07) is 4.03. The predicted octanol–water partition coefficient (Wildman–Crippen LogP) is 2.50. The summed E-state index contributed by atoms with van der Waals surface area (Å²) < 4.78 is 31.0. The molecule has 0 spiro atoms. The van der Waals surface area contributed by atoms with E-state index in [1.807, 2.05) is 0 Å². The molecule has 10 heteroatoms. The predicted molar refractivity (Wildman–Crippen MR) is 96.5 cm³/mol. The van der Waals surface area contributed by atoms with Crippen LogP contribution in [-0.4, -0.2) is 55.8 Å². The first-order valence-corrected chi connectivity index (χ1v) is 9.59. The Balaban J connectivity index is 2.68. The van der Waals surface area contributed by atoms with Crippen molar-refractivity contribution in [2.45, 2.75) is 37.4 Å². The topological polar surface area (TPSA) is 95.9 Å². The van der Waals surface area contributed by atoms with Crippen molar-refractivity contribution in [1.29, 1.82) is 0 Å². The molecule has 1 aromatic carbocycles. The summed E-state index contributed by atoms with van der Waals surface area (Å²) in [7, 11) is -2.61. The number of likely N-dealkylation sites (N-methyl/N-ethyl adjacent to an activating group) is 1. The molecule has 0 saturated heterocycles. The van der Waals surface area contributed by atoms with Gasteiger partial charge in [-0.15, -0.1) is 0 Å². The van der Waals surface area contributed by atoms with Crippen LogP contribution >= 0.6 is 23.2 Å². The Kier molecular flexibility index (Phi) is 7.52. The van der Waals surface area contributed by atoms with E-state index in [2.05, 4.69) is 5.32 Å². The number of nitrogens with zero attached hydrogens (tertiary/aromatic N) is 1. The molecule has 25 heavy (non-hydrogen) atoms. The van der Waals surface area contributed by atoms with E-state index in [9.17, 15) is 18.3 Å². The summed E-state index contributed by atoms with van der Waals surface area (Å²) in [4.78, 5) is 11.4. The van der Waals surface area contributed by atoms with Crippen molar-refractivity contribution in [3.8, 4) is 0 Å². The molecule has 7 nitrogen and oxygen atoms in total. The van der Waals surface area contributed by atoms with Crippen molar-refractivity contribution in [1.82, 2.24) is 9.62 Å². The standard InChI is InChI=1S/C15H22Cl2N2O5S/c1-15(2,3)24-14(21)18-8-11(20)9-19(4)25(22,23)13-6-5-10(16)7-12(13)17/h5-7,11,20H,8-9H2,1-4H3,(H,18,21). The fraction of sp³-hybridized carbons (Fsp3) is 0.533. The molecule has 1 rings (SSSR count). The molecule has 1 unspecified atom stereocenters. The summed E-state index contributed by atoms with van der Waals surface area (Å²) in [5.41, 5.74) is -0.666. The van der Waals surface area contributed by atoms with Crippen molar-refractivity contribution in [2.24, 2.45) is 0 Å². The second-order valence-electron chi connectivity index (χ2n) is 6.40. The minimum Gasteiger partial charge on any atom is -0.444 e. The number of hydrogen-bond acceptors (Lipinski definition) is 5. The van der Waals surface area contributed by atoms with Crippen LogP contribution in [0.5, 0.6) is 0 Å². The van der Waals surface area contributed by atoms with Crippen LogP contribution in [-0.2, 0) is 14.8 Å². The Bertz CT molecular complexity index is 719. The number of halogens is 2. The van der Waals surface area contributed by atoms with Gasteiger partial charge in [-0.3, -0.25) is 0 Å². The molecule has 0 radical (unpaired) electrons. The molecule has 0 fully saturated rings. The average Bonchev–Trinajstić information content (AvgIpc) is 2.42. The first-order valence-electron chi connectivity index (χ1n) is 7.39. The highest BCUT2D eigenvalue weighted by Crippen LogP contribution is 2.27. The number of carbonyl (C=O) groups excluding carboxylic acids is 1. The highest BCUT2D eigenvalue weighted by atomic mass is 35.5. The zero-order valence-electron chi connectivity index (χ0n) is 14.4. The average molecular weight is 413 g/mol. The molecule has 0 aliphatic carbocycles. The number of sulfonamides is 1. The third-order valence-electron chi connectivity index (χ3n) is 2.93. The molecule has 142 valence electrons. The summed E-state index contributed by atoms with van der Waals surface area (Å²) in [6.07, 6.45) is -1.82. The maximum absolute atomic E-state index is 12.5. The summed E-state index contributed by atoms with van der Waals surface area (Å²) in [5.74, 6) is 0. The van der Waals surface area contributed by atoms with Gasteiger partial charge < -0.3 is 15.2 Å². The van der Waals surface area contributed by atoms with Crippen LogP contribution in [0, 0.1) is 0 Å². The quantitative estimate of drug-likeness (QED) is 0.747. The molecule has 0 aliphatic heterocycles. The maximum atomic E-state index is 12.5. The Morgan fingerprint density at radius 3 is 2.48 bits per heavy atom. The SMILES string of the molecule is CN(CC(O)CNC(=O)OC(C)(C)C)S(=O)(=O)c1ccc(Cl)cc1Cl. The smallest absolute Gasteiger partial charge is 0.407 e. The number of aliphatic hydroxyl groups excluding tert-OH is 1. The van der Waals surface area contributed by atoms with Crippen LogP contribution in [0.4, 0.5) is 4.79 Å². The van der Waals surface area contributed by atoms with Crippen LogP contribution < -0.4 is 5.32 Å². The van der Waals surface area contributed by atoms with E-state index in [1.165, 1.54) is 25.2 Å². The first-order chi connectivity index (χ1) is 11.3. The van der Waals surface area contributed by atoms with Gasteiger partial charge in [-0.25, -0.2) is 13.2 Å². The Morgan fingerprint density at radius 2 is 1.96 bits per heavy atom. The van der Waals surface area contributed by atoms with Gasteiger partial charge in [-0.1, -0.05) is 23.2 Å². The van der Waals surface area contributed by atoms with Gasteiger partial charge >= 0.3 is 6.09 Å². The van der Waals surface area contributed by atoms with Crippen molar-refractivity contribution < 1.29 is 23.1 Å². The summed E-state index contributed by atoms with van der Waals surface area (Å²) in [6.45, 7) is 4.72. The lowest BCUT2D eigenvalue weighted by molar-refractivity contribution is 0.0486. The second-order valence-corrected chi connectivity index (χ2v) is 9.25. The van der Waals surface area contributed by atoms with E-state index in [0.29, 0.717) is 5.02 Å². The number of alkyl carbamates (subject to hydrolysis) is 1. The molecular weight excluding hydrogens is 391 g/mol. The minimum atomic E-state index is -3.91. The van der Waals surface area contributed by atoms with Gasteiger partial charge in [0.15, 0.2) is 0 Å². The fourth-order valence-corrected chi connectivity index (χ4v) is 3.78. The van der Waals surface area contributed by atoms with Gasteiger partial charge in [0.1, 0.15) is 10.5 Å². The minimum absolute atomic E-state index is 0.0132. The highest BCUT2D eigenvalue weighted by molar-refractivity contribution is 7.89. The number of hydrogen-bond donors (Lipinski definition) is 2. The number of aliphatic hydroxyl groups is 1. The van der Waals surface area contributed by atoms with Crippen molar-refractivity contribution in [3.05, 3.63) is 28.2 Å².